The molecule has 2 fully saturated rings. The van der Waals surface area contributed by atoms with Gasteiger partial charge in [-0.05, 0) is 67.5 Å². The van der Waals surface area contributed by atoms with Crippen LogP contribution >= 0.6 is 0 Å². The molecular weight excluding hydrogens is 542 g/mol. The van der Waals surface area contributed by atoms with E-state index in [9.17, 15) is 9.59 Å². The Labute approximate surface area is 248 Å². The summed E-state index contributed by atoms with van der Waals surface area (Å²) >= 11 is 0. The number of hydrogen-bond acceptors (Lipinski definition) is 8. The van der Waals surface area contributed by atoms with Crippen molar-refractivity contribution in [2.75, 3.05) is 18.9 Å². The van der Waals surface area contributed by atoms with Crippen LogP contribution in [-0.4, -0.2) is 53.0 Å². The number of allylic oxidation sites excluding steroid dienone is 1. The molecule has 1 aromatic carbocycles. The van der Waals surface area contributed by atoms with Gasteiger partial charge in [-0.1, -0.05) is 30.3 Å². The lowest BCUT2D eigenvalue weighted by molar-refractivity contribution is -0.0363. The summed E-state index contributed by atoms with van der Waals surface area (Å²) < 4.78 is 4.61. The molecule has 0 unspecified atom stereocenters. The van der Waals surface area contributed by atoms with Crippen molar-refractivity contribution in [3.8, 4) is 11.6 Å². The third kappa shape index (κ3) is 4.96. The van der Waals surface area contributed by atoms with E-state index in [1.54, 1.807) is 47.3 Å². The van der Waals surface area contributed by atoms with E-state index in [-0.39, 0.29) is 17.7 Å². The topological polar surface area (TPSA) is 115 Å². The maximum atomic E-state index is 13.4. The fourth-order valence-corrected chi connectivity index (χ4v) is 6.47. The molecule has 5 aromatic rings. The third-order valence-electron chi connectivity index (χ3n) is 8.53. The van der Waals surface area contributed by atoms with E-state index >= 15 is 0 Å². The SMILES string of the molecule is C=CCn1c(=O)c2cnc(Nc3ccc(C4CCC5(CC4)CN(C)N5)cc3)nc2n1-c1cccc(-n2ccccc2=O)n1. The number of benzene rings is 1. The molecule has 1 aliphatic carbocycles. The first kappa shape index (κ1) is 27.0. The Kier molecular flexibility index (Phi) is 6.75. The molecule has 0 amide bonds. The predicted octanol–water partition coefficient (Wildman–Crippen LogP) is 3.90. The van der Waals surface area contributed by atoms with Crippen molar-refractivity contribution in [1.29, 1.82) is 0 Å². The van der Waals surface area contributed by atoms with Gasteiger partial charge >= 0.3 is 0 Å². The second kappa shape index (κ2) is 10.8. The lowest BCUT2D eigenvalue weighted by atomic mass is 9.73. The summed E-state index contributed by atoms with van der Waals surface area (Å²) in [6, 6.07) is 18.7. The molecule has 2 N–H and O–H groups in total. The molecule has 11 nitrogen and oxygen atoms in total. The van der Waals surface area contributed by atoms with E-state index in [1.165, 1.54) is 52.8 Å². The molecule has 4 aromatic heterocycles. The van der Waals surface area contributed by atoms with E-state index in [2.05, 4.69) is 58.6 Å². The van der Waals surface area contributed by atoms with Crippen LogP contribution in [0.3, 0.4) is 0 Å². The standard InChI is InChI=1S/C32H33N9O2/c1-3-18-40-30(43)25-20-33-31(34-24-12-10-22(11-13-24)23-14-16-32(17-15-23)21-38(2)37-32)36-29(25)41(40)27-8-6-7-26(35-27)39-19-5-4-9-28(39)42/h3-13,19-20,23,37H,1,14-18,21H2,2H3,(H,33,34,36). The zero-order chi connectivity index (χ0) is 29.6. The molecule has 11 heteroatoms. The number of hydrazine groups is 1. The molecule has 2 aliphatic rings. The molecule has 7 rings (SSSR count). The van der Waals surface area contributed by atoms with E-state index in [4.69, 9.17) is 9.97 Å². The number of rotatable bonds is 7. The summed E-state index contributed by atoms with van der Waals surface area (Å²) in [5.41, 5.74) is 6.04. The Hall–Kier alpha value is -4.87. The van der Waals surface area contributed by atoms with Crippen LogP contribution in [-0.2, 0) is 6.54 Å². The highest BCUT2D eigenvalue weighted by Gasteiger charge is 2.43. The minimum absolute atomic E-state index is 0.205. The highest BCUT2D eigenvalue weighted by Crippen LogP contribution is 2.41. The summed E-state index contributed by atoms with van der Waals surface area (Å²) in [5.74, 6) is 1.79. The van der Waals surface area contributed by atoms with Crippen LogP contribution in [0.4, 0.5) is 11.6 Å². The minimum Gasteiger partial charge on any atom is -0.324 e. The van der Waals surface area contributed by atoms with Gasteiger partial charge in [-0.3, -0.25) is 14.2 Å². The zero-order valence-corrected chi connectivity index (χ0v) is 24.0. The molecule has 0 bridgehead atoms. The van der Waals surface area contributed by atoms with Gasteiger partial charge in [-0.25, -0.2) is 29.8 Å². The Morgan fingerprint density at radius 3 is 2.51 bits per heavy atom. The fourth-order valence-electron chi connectivity index (χ4n) is 6.47. The highest BCUT2D eigenvalue weighted by atomic mass is 16.1. The van der Waals surface area contributed by atoms with Crippen molar-refractivity contribution in [2.45, 2.75) is 43.7 Å². The third-order valence-corrected chi connectivity index (χ3v) is 8.53. The minimum atomic E-state index is -0.257. The maximum absolute atomic E-state index is 13.4. The maximum Gasteiger partial charge on any atom is 0.278 e. The molecular formula is C32H33N9O2. The molecule has 0 radical (unpaired) electrons. The van der Waals surface area contributed by atoms with E-state index in [0.717, 1.165) is 12.2 Å². The van der Waals surface area contributed by atoms with Gasteiger partial charge in [0.05, 0.1) is 6.54 Å². The highest BCUT2D eigenvalue weighted by molar-refractivity contribution is 5.77. The second-order valence-corrected chi connectivity index (χ2v) is 11.5. The van der Waals surface area contributed by atoms with E-state index < -0.39 is 0 Å². The van der Waals surface area contributed by atoms with Gasteiger partial charge in [0.25, 0.3) is 11.1 Å². The lowest BCUT2D eigenvalue weighted by Crippen LogP contribution is -2.70. The number of fused-ring (bicyclic) bond motifs is 1. The summed E-state index contributed by atoms with van der Waals surface area (Å²) in [7, 11) is 2.10. The average Bonchev–Trinajstić information content (AvgIpc) is 3.28. The van der Waals surface area contributed by atoms with Crippen molar-refractivity contribution < 1.29 is 0 Å². The van der Waals surface area contributed by atoms with Crippen molar-refractivity contribution >= 4 is 22.7 Å². The zero-order valence-electron chi connectivity index (χ0n) is 24.0. The Morgan fingerprint density at radius 1 is 1.02 bits per heavy atom. The second-order valence-electron chi connectivity index (χ2n) is 11.5. The van der Waals surface area contributed by atoms with Crippen molar-refractivity contribution in [2.24, 2.45) is 0 Å². The van der Waals surface area contributed by atoms with E-state index in [1.807, 2.05) is 0 Å². The molecule has 1 saturated heterocycles. The molecule has 0 atom stereocenters. The van der Waals surface area contributed by atoms with Gasteiger partial charge in [0, 0.05) is 43.3 Å². The summed E-state index contributed by atoms with van der Waals surface area (Å²) in [6.45, 7) is 5.19. The lowest BCUT2D eigenvalue weighted by Gasteiger charge is -2.53. The van der Waals surface area contributed by atoms with Crippen molar-refractivity contribution in [3.05, 3.63) is 112 Å². The molecule has 1 spiro atoms. The number of nitrogens with one attached hydrogen (secondary N) is 2. The summed E-state index contributed by atoms with van der Waals surface area (Å²) in [5, 5.41) is 5.83. The van der Waals surface area contributed by atoms with Crippen LogP contribution in [0, 0.1) is 0 Å². The number of nitrogens with zero attached hydrogens (tertiary/aromatic N) is 7. The first-order valence-electron chi connectivity index (χ1n) is 14.5. The first-order chi connectivity index (χ1) is 20.9. The van der Waals surface area contributed by atoms with Gasteiger partial charge < -0.3 is 5.32 Å². The molecule has 1 aliphatic heterocycles. The molecule has 5 heterocycles. The van der Waals surface area contributed by atoms with Gasteiger partial charge in [0.1, 0.15) is 11.2 Å². The number of aromatic nitrogens is 6. The largest absolute Gasteiger partial charge is 0.324 e. The summed E-state index contributed by atoms with van der Waals surface area (Å²) in [6.07, 6.45) is 9.59. The molecule has 218 valence electrons. The fraction of sp³-hybridized carbons (Fsp3) is 0.281. The normalized spacial score (nSPS) is 20.3. The molecule has 1 saturated carbocycles. The van der Waals surface area contributed by atoms with Crippen LogP contribution in [0.1, 0.15) is 37.2 Å². The van der Waals surface area contributed by atoms with Crippen LogP contribution < -0.4 is 21.9 Å². The number of hydrogen-bond donors (Lipinski definition) is 2. The van der Waals surface area contributed by atoms with Crippen LogP contribution in [0.15, 0.2) is 95.3 Å². The van der Waals surface area contributed by atoms with Crippen LogP contribution in [0.5, 0.6) is 0 Å². The van der Waals surface area contributed by atoms with Gasteiger partial charge in [0.15, 0.2) is 11.5 Å². The average molecular weight is 576 g/mol. The van der Waals surface area contributed by atoms with Crippen LogP contribution in [0.25, 0.3) is 22.7 Å². The Bertz CT molecular complexity index is 1920. The monoisotopic (exact) mass is 575 g/mol. The summed E-state index contributed by atoms with van der Waals surface area (Å²) in [4.78, 5) is 39.7. The quantitative estimate of drug-likeness (QED) is 0.281. The number of anilines is 2. The predicted molar refractivity (Wildman–Crippen MR) is 166 cm³/mol. The van der Waals surface area contributed by atoms with Gasteiger partial charge in [-0.15, -0.1) is 6.58 Å². The van der Waals surface area contributed by atoms with Gasteiger partial charge in [0.2, 0.25) is 5.95 Å². The van der Waals surface area contributed by atoms with E-state index in [0.29, 0.717) is 40.1 Å². The first-order valence-corrected chi connectivity index (χ1v) is 14.5. The number of likely N-dealkylation sites (N-methyl/N-ethyl adjacent to an activating group) is 1. The Morgan fingerprint density at radius 2 is 1.79 bits per heavy atom. The number of pyridine rings is 2. The van der Waals surface area contributed by atoms with Gasteiger partial charge in [-0.2, -0.15) is 4.98 Å². The Balaban J connectivity index is 1.18. The smallest absolute Gasteiger partial charge is 0.278 e. The van der Waals surface area contributed by atoms with Crippen molar-refractivity contribution in [3.63, 3.8) is 0 Å². The molecule has 43 heavy (non-hydrogen) atoms. The van der Waals surface area contributed by atoms with Crippen LogP contribution in [0.2, 0.25) is 0 Å². The van der Waals surface area contributed by atoms with Crippen molar-refractivity contribution in [1.82, 2.24) is 39.3 Å².